The van der Waals surface area contributed by atoms with Gasteiger partial charge >= 0.3 is 5.97 Å². The van der Waals surface area contributed by atoms with E-state index < -0.39 is 17.6 Å². The van der Waals surface area contributed by atoms with Crippen LogP contribution in [0.1, 0.15) is 48.8 Å². The fraction of sp³-hybridized carbons (Fsp3) is 0.343. The quantitative estimate of drug-likeness (QED) is 0.147. The molecule has 2 aromatic heterocycles. The van der Waals surface area contributed by atoms with Crippen LogP contribution >= 0.6 is 11.6 Å². The number of rotatable bonds is 13. The van der Waals surface area contributed by atoms with Crippen molar-refractivity contribution in [2.45, 2.75) is 65.0 Å². The van der Waals surface area contributed by atoms with E-state index in [1.54, 1.807) is 12.1 Å². The van der Waals surface area contributed by atoms with Gasteiger partial charge in [0.05, 0.1) is 36.1 Å². The number of ether oxygens (including phenoxy) is 2. The molecular weight excluding hydrogens is 628 g/mol. The van der Waals surface area contributed by atoms with Crippen LogP contribution in [-0.4, -0.2) is 54.3 Å². The topological polar surface area (TPSA) is 94.6 Å². The molecule has 12 heteroatoms. The van der Waals surface area contributed by atoms with Gasteiger partial charge in [-0.3, -0.25) is 9.69 Å². The number of likely N-dealkylation sites (tertiary alicyclic amines) is 1. The average Bonchev–Trinajstić information content (AvgIpc) is 3.65. The fourth-order valence-electron chi connectivity index (χ4n) is 5.91. The number of halogens is 3. The second kappa shape index (κ2) is 14.5. The van der Waals surface area contributed by atoms with Gasteiger partial charge in [0.2, 0.25) is 0 Å². The van der Waals surface area contributed by atoms with Crippen molar-refractivity contribution in [1.82, 2.24) is 24.0 Å². The van der Waals surface area contributed by atoms with Crippen LogP contribution < -0.4 is 9.47 Å². The minimum Gasteiger partial charge on any atom is -0.490 e. The maximum atomic E-state index is 14.5. The van der Waals surface area contributed by atoms with E-state index in [2.05, 4.69) is 32.0 Å². The van der Waals surface area contributed by atoms with Crippen LogP contribution in [0.2, 0.25) is 5.02 Å². The Morgan fingerprint density at radius 2 is 1.87 bits per heavy atom. The maximum Gasteiger partial charge on any atom is 0.303 e. The first-order valence-corrected chi connectivity index (χ1v) is 16.1. The van der Waals surface area contributed by atoms with Crippen molar-refractivity contribution in [3.05, 3.63) is 106 Å². The fourth-order valence-corrected chi connectivity index (χ4v) is 6.07. The summed E-state index contributed by atoms with van der Waals surface area (Å²) in [6, 6.07) is 14.6. The third-order valence-electron chi connectivity index (χ3n) is 8.48. The number of carbonyl (C=O) groups is 1. The third-order valence-corrected chi connectivity index (χ3v) is 8.71. The van der Waals surface area contributed by atoms with E-state index in [4.69, 9.17) is 26.1 Å². The van der Waals surface area contributed by atoms with Crippen LogP contribution in [0.25, 0.3) is 11.0 Å². The molecule has 1 aliphatic heterocycles. The van der Waals surface area contributed by atoms with Gasteiger partial charge in [0.15, 0.2) is 11.6 Å². The predicted octanol–water partition coefficient (Wildman–Crippen LogP) is 6.87. The zero-order chi connectivity index (χ0) is 32.9. The molecule has 1 fully saturated rings. The van der Waals surface area contributed by atoms with Gasteiger partial charge in [0.1, 0.15) is 30.1 Å². The molecule has 3 aromatic carbocycles. The Morgan fingerprint density at radius 3 is 2.64 bits per heavy atom. The van der Waals surface area contributed by atoms with Gasteiger partial charge in [-0.25, -0.2) is 18.7 Å². The van der Waals surface area contributed by atoms with Gasteiger partial charge < -0.3 is 23.7 Å². The highest BCUT2D eigenvalue weighted by atomic mass is 35.5. The van der Waals surface area contributed by atoms with Crippen LogP contribution in [0.4, 0.5) is 8.78 Å². The monoisotopic (exact) mass is 663 g/mol. The molecule has 3 heterocycles. The van der Waals surface area contributed by atoms with E-state index in [1.807, 2.05) is 24.7 Å². The molecular formula is C35H36ClF2N5O4. The van der Waals surface area contributed by atoms with Gasteiger partial charge in [0.25, 0.3) is 0 Å². The van der Waals surface area contributed by atoms with Crippen LogP contribution in [0.15, 0.2) is 67.1 Å². The highest BCUT2D eigenvalue weighted by molar-refractivity contribution is 6.30. The highest BCUT2D eigenvalue weighted by Crippen LogP contribution is 2.27. The lowest BCUT2D eigenvalue weighted by atomic mass is 10.1. The number of hydrogen-bond donors (Lipinski definition) is 1. The molecule has 1 N–H and O–H groups in total. The summed E-state index contributed by atoms with van der Waals surface area (Å²) >= 11 is 5.81. The average molecular weight is 664 g/mol. The minimum atomic E-state index is -0.821. The largest absolute Gasteiger partial charge is 0.490 e. The van der Waals surface area contributed by atoms with Crippen molar-refractivity contribution in [2.75, 3.05) is 13.1 Å². The Labute approximate surface area is 276 Å². The molecule has 0 atom stereocenters. The van der Waals surface area contributed by atoms with E-state index in [0.717, 1.165) is 66.7 Å². The number of fused-ring (bicyclic) bond motifs is 1. The Hall–Kier alpha value is -4.48. The van der Waals surface area contributed by atoms with Gasteiger partial charge in [-0.1, -0.05) is 17.7 Å². The van der Waals surface area contributed by atoms with Crippen molar-refractivity contribution in [1.29, 1.82) is 0 Å². The number of aliphatic carboxylic acids is 1. The van der Waals surface area contributed by atoms with Crippen molar-refractivity contribution >= 4 is 28.6 Å². The maximum absolute atomic E-state index is 14.5. The Balaban J connectivity index is 1.11. The van der Waals surface area contributed by atoms with Crippen molar-refractivity contribution in [2.24, 2.45) is 0 Å². The molecule has 0 radical (unpaired) electrons. The molecule has 0 saturated carbocycles. The third kappa shape index (κ3) is 7.91. The number of benzene rings is 3. The van der Waals surface area contributed by atoms with Crippen molar-refractivity contribution in [3.8, 4) is 11.5 Å². The Bertz CT molecular complexity index is 1870. The van der Waals surface area contributed by atoms with Crippen LogP contribution in [0.3, 0.4) is 0 Å². The number of carboxylic acid groups (broad SMARTS) is 1. The lowest BCUT2D eigenvalue weighted by molar-refractivity contribution is -0.136. The van der Waals surface area contributed by atoms with Gasteiger partial charge in [-0.2, -0.15) is 0 Å². The molecule has 0 spiro atoms. The summed E-state index contributed by atoms with van der Waals surface area (Å²) in [5.74, 6) is -0.429. The number of nitrogens with zero attached hydrogens (tertiary/aromatic N) is 5. The van der Waals surface area contributed by atoms with Crippen LogP contribution in [-0.2, 0) is 37.5 Å². The molecule has 246 valence electrons. The van der Waals surface area contributed by atoms with E-state index in [9.17, 15) is 18.7 Å². The van der Waals surface area contributed by atoms with Crippen molar-refractivity contribution in [3.63, 3.8) is 0 Å². The first-order chi connectivity index (χ1) is 22.7. The summed E-state index contributed by atoms with van der Waals surface area (Å²) in [7, 11) is 0. The number of imidazole rings is 2. The molecule has 1 saturated heterocycles. The minimum absolute atomic E-state index is 0.00404. The zero-order valence-corrected chi connectivity index (χ0v) is 26.8. The SMILES string of the molecule is CCn1cncc1Cn1c(CN2CCC(Oc3ccc(F)c(COc4ccc(Cl)cc4F)c3)CC2)nc2ccc(CCC(=O)O)cc21. The predicted molar refractivity (Wildman–Crippen MR) is 174 cm³/mol. The molecule has 6 rings (SSSR count). The molecule has 5 aromatic rings. The highest BCUT2D eigenvalue weighted by Gasteiger charge is 2.24. The van der Waals surface area contributed by atoms with Gasteiger partial charge in [-0.15, -0.1) is 0 Å². The van der Waals surface area contributed by atoms with E-state index >= 15 is 0 Å². The first-order valence-electron chi connectivity index (χ1n) is 15.7. The molecule has 0 amide bonds. The summed E-state index contributed by atoms with van der Waals surface area (Å²) in [6.07, 6.45) is 5.74. The van der Waals surface area contributed by atoms with Gasteiger partial charge in [0, 0.05) is 42.8 Å². The number of aryl methyl sites for hydroxylation is 2. The summed E-state index contributed by atoms with van der Waals surface area (Å²) in [4.78, 5) is 22.9. The number of hydrogen-bond acceptors (Lipinski definition) is 6. The van der Waals surface area contributed by atoms with Gasteiger partial charge in [-0.05, 0) is 80.3 Å². The normalized spacial score (nSPS) is 14.1. The summed E-state index contributed by atoms with van der Waals surface area (Å²) < 4.78 is 44.7. The number of aromatic nitrogens is 4. The summed E-state index contributed by atoms with van der Waals surface area (Å²) in [6.45, 7) is 5.56. The first kappa shape index (κ1) is 32.5. The van der Waals surface area contributed by atoms with E-state index in [-0.39, 0.29) is 35.5 Å². The number of piperidine rings is 1. The van der Waals surface area contributed by atoms with Crippen molar-refractivity contribution < 1.29 is 28.2 Å². The summed E-state index contributed by atoms with van der Waals surface area (Å²) in [5.41, 5.74) is 4.14. The summed E-state index contributed by atoms with van der Waals surface area (Å²) in [5, 5.41) is 9.44. The zero-order valence-electron chi connectivity index (χ0n) is 26.0. The Morgan fingerprint density at radius 1 is 1.04 bits per heavy atom. The smallest absolute Gasteiger partial charge is 0.303 e. The molecule has 0 unspecified atom stereocenters. The second-order valence-corrected chi connectivity index (χ2v) is 12.1. The van der Waals surface area contributed by atoms with E-state index in [1.165, 1.54) is 18.2 Å². The lowest BCUT2D eigenvalue weighted by Crippen LogP contribution is -2.38. The molecule has 47 heavy (non-hydrogen) atoms. The number of carboxylic acids is 1. The Kier molecular flexibility index (Phi) is 10.0. The molecule has 9 nitrogen and oxygen atoms in total. The van der Waals surface area contributed by atoms with Crippen LogP contribution in [0.5, 0.6) is 11.5 Å². The van der Waals surface area contributed by atoms with E-state index in [0.29, 0.717) is 25.3 Å². The molecule has 0 aliphatic carbocycles. The molecule has 0 bridgehead atoms. The molecule has 1 aliphatic rings. The van der Waals surface area contributed by atoms with Crippen LogP contribution in [0, 0.1) is 11.6 Å². The lowest BCUT2D eigenvalue weighted by Gasteiger charge is -2.32. The standard InChI is InChI=1S/C35H36ClF2N5O4/c1-2-42-22-39-18-26(42)19-43-32-15-23(4-10-35(44)45)3-8-31(32)40-34(43)20-41-13-11-27(12-14-41)47-28-6-7-29(37)24(16-28)21-46-33-9-5-25(36)17-30(33)38/h3,5-9,15-18,22,27H,2,4,10-14,19-21H2,1H3,(H,44,45). The second-order valence-electron chi connectivity index (χ2n) is 11.7.